The first-order valence-electron chi connectivity index (χ1n) is 12.3. The van der Waals surface area contributed by atoms with E-state index >= 15 is 0 Å². The smallest absolute Gasteiger partial charge is 0.183 e. The van der Waals surface area contributed by atoms with Gasteiger partial charge in [-0.25, -0.2) is 0 Å². The van der Waals surface area contributed by atoms with Crippen LogP contribution in [0.5, 0.6) is 5.75 Å². The Bertz CT molecular complexity index is 1040. The van der Waals surface area contributed by atoms with Crippen molar-refractivity contribution in [1.82, 2.24) is 0 Å². The summed E-state index contributed by atoms with van der Waals surface area (Å²) in [4.78, 5) is 4.97. The molecule has 0 saturated carbocycles. The Morgan fingerprint density at radius 1 is 0.829 bits per heavy atom. The van der Waals surface area contributed by atoms with Crippen LogP contribution in [0.15, 0.2) is 89.9 Å². The summed E-state index contributed by atoms with van der Waals surface area (Å²) < 4.78 is 24.6. The van der Waals surface area contributed by atoms with Gasteiger partial charge in [0, 0.05) is 12.1 Å². The van der Waals surface area contributed by atoms with Crippen molar-refractivity contribution < 1.29 is 18.9 Å². The van der Waals surface area contributed by atoms with Gasteiger partial charge in [0.2, 0.25) is 0 Å². The van der Waals surface area contributed by atoms with Gasteiger partial charge in [0.25, 0.3) is 0 Å². The zero-order chi connectivity index (χ0) is 24.5. The second kappa shape index (κ2) is 12.6. The normalized spacial score (nSPS) is 24.5. The summed E-state index contributed by atoms with van der Waals surface area (Å²) in [5, 5.41) is 0. The van der Waals surface area contributed by atoms with Gasteiger partial charge in [-0.05, 0) is 47.4 Å². The SMILES string of the molecule is CC[C@H]1OC(OCc2ccccc2)[C@H](N=Cc2ccc(OC)cc2)[C@@H](OCc2ccccc2)[C@@H]1C. The van der Waals surface area contributed by atoms with E-state index in [-0.39, 0.29) is 24.2 Å². The number of rotatable bonds is 10. The topological polar surface area (TPSA) is 49.3 Å². The molecular weight excluding hydrogens is 438 g/mol. The number of benzene rings is 3. The summed E-state index contributed by atoms with van der Waals surface area (Å²) in [5.41, 5.74) is 3.22. The lowest BCUT2D eigenvalue weighted by Crippen LogP contribution is -2.54. The molecule has 35 heavy (non-hydrogen) atoms. The second-order valence-electron chi connectivity index (χ2n) is 8.91. The molecule has 4 rings (SSSR count). The van der Waals surface area contributed by atoms with Crippen molar-refractivity contribution in [3.63, 3.8) is 0 Å². The fourth-order valence-corrected chi connectivity index (χ4v) is 4.45. The van der Waals surface area contributed by atoms with Crippen molar-refractivity contribution >= 4 is 6.21 Å². The highest BCUT2D eigenvalue weighted by Crippen LogP contribution is 2.33. The number of methoxy groups -OCH3 is 1. The van der Waals surface area contributed by atoms with Gasteiger partial charge >= 0.3 is 0 Å². The number of hydrogen-bond acceptors (Lipinski definition) is 5. The van der Waals surface area contributed by atoms with E-state index in [1.165, 1.54) is 0 Å². The Balaban J connectivity index is 1.58. The molecule has 3 aromatic carbocycles. The third kappa shape index (κ3) is 6.79. The van der Waals surface area contributed by atoms with E-state index in [2.05, 4.69) is 38.1 Å². The lowest BCUT2D eigenvalue weighted by Gasteiger charge is -2.43. The summed E-state index contributed by atoms with van der Waals surface area (Å²) in [6, 6.07) is 27.9. The Morgan fingerprint density at radius 3 is 2.00 bits per heavy atom. The molecule has 1 heterocycles. The molecule has 1 saturated heterocycles. The van der Waals surface area contributed by atoms with Crippen molar-refractivity contribution in [1.29, 1.82) is 0 Å². The van der Waals surface area contributed by atoms with Crippen molar-refractivity contribution in [3.8, 4) is 5.75 Å². The fourth-order valence-electron chi connectivity index (χ4n) is 4.45. The molecule has 5 nitrogen and oxygen atoms in total. The number of ether oxygens (including phenoxy) is 4. The summed E-state index contributed by atoms with van der Waals surface area (Å²) in [6.45, 7) is 5.31. The molecule has 1 unspecified atom stereocenters. The molecule has 184 valence electrons. The van der Waals surface area contributed by atoms with Crippen LogP contribution in [0.3, 0.4) is 0 Å². The third-order valence-electron chi connectivity index (χ3n) is 6.49. The molecule has 1 aliphatic rings. The van der Waals surface area contributed by atoms with Gasteiger partial charge in [0.05, 0.1) is 32.5 Å². The van der Waals surface area contributed by atoms with Crippen LogP contribution < -0.4 is 4.74 Å². The van der Waals surface area contributed by atoms with Gasteiger partial charge < -0.3 is 18.9 Å². The molecule has 3 aromatic rings. The predicted octanol–water partition coefficient (Wildman–Crippen LogP) is 6.06. The summed E-state index contributed by atoms with van der Waals surface area (Å²) >= 11 is 0. The maximum atomic E-state index is 6.54. The van der Waals surface area contributed by atoms with E-state index in [9.17, 15) is 0 Å². The second-order valence-corrected chi connectivity index (χ2v) is 8.91. The van der Waals surface area contributed by atoms with Gasteiger partial charge in [0.1, 0.15) is 11.8 Å². The first kappa shape index (κ1) is 25.1. The maximum absolute atomic E-state index is 6.54. The van der Waals surface area contributed by atoms with Crippen LogP contribution in [-0.4, -0.2) is 37.9 Å². The zero-order valence-electron chi connectivity index (χ0n) is 20.7. The molecule has 1 aliphatic heterocycles. The van der Waals surface area contributed by atoms with E-state index in [4.69, 9.17) is 23.9 Å². The summed E-state index contributed by atoms with van der Waals surface area (Å²) in [6.07, 6.45) is 2.14. The Kier molecular flexibility index (Phi) is 9.07. The van der Waals surface area contributed by atoms with Crippen molar-refractivity contribution in [3.05, 3.63) is 102 Å². The molecule has 0 N–H and O–H groups in total. The summed E-state index contributed by atoms with van der Waals surface area (Å²) in [5.74, 6) is 0.981. The van der Waals surface area contributed by atoms with Crippen LogP contribution in [0.2, 0.25) is 0 Å². The lowest BCUT2D eigenvalue weighted by atomic mass is 9.87. The average molecular weight is 474 g/mol. The van der Waals surface area contributed by atoms with E-state index in [1.54, 1.807) is 7.11 Å². The van der Waals surface area contributed by atoms with E-state index in [1.807, 2.05) is 66.9 Å². The van der Waals surface area contributed by atoms with E-state index < -0.39 is 6.29 Å². The highest BCUT2D eigenvalue weighted by Gasteiger charge is 2.44. The van der Waals surface area contributed by atoms with Crippen molar-refractivity contribution in [2.24, 2.45) is 10.9 Å². The Hall–Kier alpha value is -2.99. The predicted molar refractivity (Wildman–Crippen MR) is 139 cm³/mol. The zero-order valence-corrected chi connectivity index (χ0v) is 20.7. The molecule has 5 heteroatoms. The van der Waals surface area contributed by atoms with E-state index in [0.717, 1.165) is 28.9 Å². The lowest BCUT2D eigenvalue weighted by molar-refractivity contribution is -0.255. The Morgan fingerprint density at radius 2 is 1.43 bits per heavy atom. The fraction of sp³-hybridized carbons (Fsp3) is 0.367. The molecule has 0 spiro atoms. The van der Waals surface area contributed by atoms with E-state index in [0.29, 0.717) is 13.2 Å². The first-order valence-corrected chi connectivity index (χ1v) is 12.3. The van der Waals surface area contributed by atoms with Crippen LogP contribution in [-0.2, 0) is 27.4 Å². The molecular formula is C30H35NO4. The monoisotopic (exact) mass is 473 g/mol. The number of hydrogen-bond donors (Lipinski definition) is 0. The minimum absolute atomic E-state index is 0.0315. The number of aliphatic imine (C=N–C) groups is 1. The average Bonchev–Trinajstić information content (AvgIpc) is 2.92. The quantitative estimate of drug-likeness (QED) is 0.336. The molecule has 0 aliphatic carbocycles. The molecule has 0 radical (unpaired) electrons. The van der Waals surface area contributed by atoms with Gasteiger partial charge in [0.15, 0.2) is 6.29 Å². The van der Waals surface area contributed by atoms with Crippen LogP contribution in [0.1, 0.15) is 37.0 Å². The van der Waals surface area contributed by atoms with Crippen LogP contribution in [0.25, 0.3) is 0 Å². The Labute approximate surface area is 208 Å². The molecule has 0 amide bonds. The highest BCUT2D eigenvalue weighted by molar-refractivity contribution is 5.80. The maximum Gasteiger partial charge on any atom is 0.183 e. The van der Waals surface area contributed by atoms with Crippen LogP contribution >= 0.6 is 0 Å². The van der Waals surface area contributed by atoms with Crippen molar-refractivity contribution in [2.75, 3.05) is 7.11 Å². The molecule has 5 atom stereocenters. The van der Waals surface area contributed by atoms with Gasteiger partial charge in [-0.15, -0.1) is 0 Å². The van der Waals surface area contributed by atoms with Gasteiger partial charge in [-0.1, -0.05) is 74.5 Å². The molecule has 1 fully saturated rings. The van der Waals surface area contributed by atoms with Crippen LogP contribution in [0, 0.1) is 5.92 Å². The number of nitrogens with zero attached hydrogens (tertiary/aromatic N) is 1. The largest absolute Gasteiger partial charge is 0.497 e. The van der Waals surface area contributed by atoms with Crippen molar-refractivity contribution in [2.45, 2.75) is 58.0 Å². The highest BCUT2D eigenvalue weighted by atomic mass is 16.7. The van der Waals surface area contributed by atoms with Gasteiger partial charge in [-0.3, -0.25) is 4.99 Å². The minimum Gasteiger partial charge on any atom is -0.497 e. The third-order valence-corrected chi connectivity index (χ3v) is 6.49. The first-order chi connectivity index (χ1) is 17.2. The molecule has 0 aromatic heterocycles. The minimum atomic E-state index is -0.508. The van der Waals surface area contributed by atoms with Crippen LogP contribution in [0.4, 0.5) is 0 Å². The van der Waals surface area contributed by atoms with Gasteiger partial charge in [-0.2, -0.15) is 0 Å². The standard InChI is InChI=1S/C30H35NO4/c1-4-27-22(2)29(33-20-24-11-7-5-8-12-24)28(31-19-23-15-17-26(32-3)18-16-23)30(35-27)34-21-25-13-9-6-10-14-25/h5-19,22,27-30H,4,20-21H2,1-3H3/t22-,27-,28-,29+,30?/m1/s1. The molecule has 0 bridgehead atoms. The summed E-state index contributed by atoms with van der Waals surface area (Å²) in [7, 11) is 1.66.